The van der Waals surface area contributed by atoms with E-state index in [1.165, 1.54) is 0 Å². The number of pyridine rings is 1. The molecule has 0 aliphatic heterocycles. The summed E-state index contributed by atoms with van der Waals surface area (Å²) in [5, 5.41) is -0.140. The molecule has 0 N–H and O–H groups in total. The number of hydrogen-bond acceptors (Lipinski definition) is 3. The predicted octanol–water partition coefficient (Wildman–Crippen LogP) is 3.64. The van der Waals surface area contributed by atoms with E-state index >= 15 is 0 Å². The molecule has 0 bridgehead atoms. The van der Waals surface area contributed by atoms with Crippen LogP contribution in [0.2, 0.25) is 0 Å². The van der Waals surface area contributed by atoms with Crippen LogP contribution in [0.25, 0.3) is 11.2 Å². The molecule has 2 aromatic rings. The number of methoxy groups -OCH3 is 1. The van der Waals surface area contributed by atoms with Gasteiger partial charge in [-0.2, -0.15) is 0 Å². The summed E-state index contributed by atoms with van der Waals surface area (Å²) < 4.78 is 7.30. The van der Waals surface area contributed by atoms with Gasteiger partial charge in [0.2, 0.25) is 0 Å². The van der Waals surface area contributed by atoms with Crippen molar-refractivity contribution in [1.29, 1.82) is 0 Å². The number of nitrogens with zero attached hydrogens (tertiary/aromatic N) is 3. The van der Waals surface area contributed by atoms with Crippen LogP contribution in [-0.2, 0) is 4.74 Å². The molecule has 2 aromatic heterocycles. The van der Waals surface area contributed by atoms with Crippen molar-refractivity contribution in [3.05, 3.63) is 23.7 Å². The molecular weight excluding hydrogens is 262 g/mol. The first kappa shape index (κ1) is 14.3. The highest BCUT2D eigenvalue weighted by molar-refractivity contribution is 6.20. The van der Waals surface area contributed by atoms with Crippen molar-refractivity contribution in [1.82, 2.24) is 14.5 Å². The molecule has 2 rings (SSSR count). The number of hydrogen-bond donors (Lipinski definition) is 0. The molecule has 104 valence electrons. The molecule has 2 atom stereocenters. The maximum Gasteiger partial charge on any atom is 0.160 e. The average molecular weight is 282 g/mol. The van der Waals surface area contributed by atoms with Crippen LogP contribution in [0.15, 0.2) is 12.3 Å². The molecule has 4 nitrogen and oxygen atoms in total. The lowest BCUT2D eigenvalue weighted by Crippen LogP contribution is -2.12. The van der Waals surface area contributed by atoms with Crippen LogP contribution < -0.4 is 0 Å². The lowest BCUT2D eigenvalue weighted by molar-refractivity contribution is 0.181. The third-order valence-corrected chi connectivity index (χ3v) is 3.54. The van der Waals surface area contributed by atoms with E-state index in [4.69, 9.17) is 16.3 Å². The number of aromatic nitrogens is 3. The molecule has 0 saturated carbocycles. The smallest absolute Gasteiger partial charge is 0.160 e. The summed E-state index contributed by atoms with van der Waals surface area (Å²) in [6.45, 7) is 6.84. The minimum absolute atomic E-state index is 0.140. The molecule has 0 spiro atoms. The van der Waals surface area contributed by atoms with E-state index in [1.54, 1.807) is 7.11 Å². The van der Waals surface area contributed by atoms with E-state index in [0.29, 0.717) is 6.61 Å². The Hall–Kier alpha value is -1.13. The molecule has 0 aliphatic rings. The molecule has 0 amide bonds. The van der Waals surface area contributed by atoms with Crippen LogP contribution in [0.1, 0.15) is 43.1 Å². The van der Waals surface area contributed by atoms with Crippen molar-refractivity contribution in [2.45, 2.75) is 38.6 Å². The van der Waals surface area contributed by atoms with Gasteiger partial charge in [0, 0.05) is 26.0 Å². The first-order valence-electron chi connectivity index (χ1n) is 6.52. The normalized spacial score (nSPS) is 14.8. The zero-order valence-corrected chi connectivity index (χ0v) is 12.6. The fraction of sp³-hybridized carbons (Fsp3) is 0.571. The van der Waals surface area contributed by atoms with Crippen LogP contribution in [0.3, 0.4) is 0 Å². The highest BCUT2D eigenvalue weighted by Gasteiger charge is 2.20. The summed E-state index contributed by atoms with van der Waals surface area (Å²) >= 11 is 6.27. The summed E-state index contributed by atoms with van der Waals surface area (Å²) in [6, 6.07) is 2.23. The maximum atomic E-state index is 6.27. The molecule has 2 heterocycles. The third-order valence-electron chi connectivity index (χ3n) is 3.34. The first-order valence-corrected chi connectivity index (χ1v) is 6.96. The van der Waals surface area contributed by atoms with Crippen molar-refractivity contribution in [3.63, 3.8) is 0 Å². The van der Waals surface area contributed by atoms with Gasteiger partial charge in [0.15, 0.2) is 5.65 Å². The van der Waals surface area contributed by atoms with Crippen LogP contribution in [-0.4, -0.2) is 28.3 Å². The van der Waals surface area contributed by atoms with Gasteiger partial charge in [-0.05, 0) is 38.8 Å². The van der Waals surface area contributed by atoms with Gasteiger partial charge in [-0.25, -0.2) is 9.97 Å². The number of rotatable bonds is 5. The van der Waals surface area contributed by atoms with Crippen LogP contribution in [0, 0.1) is 6.92 Å². The highest BCUT2D eigenvalue weighted by Crippen LogP contribution is 2.29. The van der Waals surface area contributed by atoms with Crippen molar-refractivity contribution in [2.75, 3.05) is 13.7 Å². The van der Waals surface area contributed by atoms with Crippen LogP contribution >= 0.6 is 11.6 Å². The maximum absolute atomic E-state index is 6.27. The molecule has 0 aliphatic carbocycles. The predicted molar refractivity (Wildman–Crippen MR) is 77.7 cm³/mol. The van der Waals surface area contributed by atoms with Gasteiger partial charge >= 0.3 is 0 Å². The van der Waals surface area contributed by atoms with Gasteiger partial charge in [0.1, 0.15) is 11.3 Å². The molecule has 19 heavy (non-hydrogen) atoms. The SMILES string of the molecule is COCCC(C)n1c(C(C)Cl)nc2c(C)ccnc21. The minimum Gasteiger partial charge on any atom is -0.385 e. The van der Waals surface area contributed by atoms with Gasteiger partial charge in [-0.3, -0.25) is 0 Å². The number of alkyl halides is 1. The quantitative estimate of drug-likeness (QED) is 0.786. The van der Waals surface area contributed by atoms with E-state index < -0.39 is 0 Å². The van der Waals surface area contributed by atoms with E-state index in [0.717, 1.165) is 29.0 Å². The average Bonchev–Trinajstić information content (AvgIpc) is 2.77. The Morgan fingerprint density at radius 1 is 1.42 bits per heavy atom. The molecule has 0 fully saturated rings. The Labute approximate surface area is 118 Å². The molecular formula is C14H20ClN3O. The standard InChI is InChI=1S/C14H20ClN3O/c1-9-5-7-16-14-12(9)17-13(11(3)15)18(14)10(2)6-8-19-4/h5,7,10-11H,6,8H2,1-4H3. The fourth-order valence-electron chi connectivity index (χ4n) is 2.26. The second kappa shape index (κ2) is 5.88. The second-order valence-corrected chi connectivity index (χ2v) is 5.54. The van der Waals surface area contributed by atoms with E-state index in [-0.39, 0.29) is 11.4 Å². The number of imidazole rings is 1. The number of halogens is 1. The van der Waals surface area contributed by atoms with Gasteiger partial charge in [0.05, 0.1) is 5.38 Å². The lowest BCUT2D eigenvalue weighted by Gasteiger charge is -2.17. The Morgan fingerprint density at radius 2 is 2.16 bits per heavy atom. The Bertz CT molecular complexity index is 565. The Balaban J connectivity index is 2.55. The number of aryl methyl sites for hydroxylation is 1. The highest BCUT2D eigenvalue weighted by atomic mass is 35.5. The van der Waals surface area contributed by atoms with Crippen molar-refractivity contribution >= 4 is 22.8 Å². The summed E-state index contributed by atoms with van der Waals surface area (Å²) in [5.74, 6) is 0.877. The third kappa shape index (κ3) is 2.74. The second-order valence-electron chi connectivity index (χ2n) is 4.89. The van der Waals surface area contributed by atoms with E-state index in [2.05, 4.69) is 21.5 Å². The van der Waals surface area contributed by atoms with Crippen LogP contribution in [0.4, 0.5) is 0 Å². The van der Waals surface area contributed by atoms with Gasteiger partial charge in [-0.1, -0.05) is 0 Å². The Morgan fingerprint density at radius 3 is 2.79 bits per heavy atom. The molecule has 5 heteroatoms. The van der Waals surface area contributed by atoms with Gasteiger partial charge in [0.25, 0.3) is 0 Å². The number of fused-ring (bicyclic) bond motifs is 1. The zero-order chi connectivity index (χ0) is 14.0. The number of ether oxygens (including phenoxy) is 1. The minimum atomic E-state index is -0.140. The molecule has 0 radical (unpaired) electrons. The van der Waals surface area contributed by atoms with E-state index in [9.17, 15) is 0 Å². The molecule has 0 aromatic carbocycles. The summed E-state index contributed by atoms with van der Waals surface area (Å²) in [5.41, 5.74) is 2.97. The zero-order valence-electron chi connectivity index (χ0n) is 11.9. The Kier molecular flexibility index (Phi) is 4.42. The largest absolute Gasteiger partial charge is 0.385 e. The monoisotopic (exact) mass is 281 g/mol. The van der Waals surface area contributed by atoms with Crippen molar-refractivity contribution in [3.8, 4) is 0 Å². The van der Waals surface area contributed by atoms with Crippen molar-refractivity contribution < 1.29 is 4.74 Å². The van der Waals surface area contributed by atoms with E-state index in [1.807, 2.05) is 26.1 Å². The fourth-order valence-corrected chi connectivity index (χ4v) is 2.41. The van der Waals surface area contributed by atoms with Gasteiger partial charge < -0.3 is 9.30 Å². The van der Waals surface area contributed by atoms with Gasteiger partial charge in [-0.15, -0.1) is 11.6 Å². The summed E-state index contributed by atoms with van der Waals surface area (Å²) in [4.78, 5) is 9.14. The van der Waals surface area contributed by atoms with Crippen LogP contribution in [0.5, 0.6) is 0 Å². The topological polar surface area (TPSA) is 39.9 Å². The molecule has 0 saturated heterocycles. The first-order chi connectivity index (χ1) is 9.06. The summed E-state index contributed by atoms with van der Waals surface area (Å²) in [7, 11) is 1.71. The lowest BCUT2D eigenvalue weighted by atomic mass is 10.2. The molecule has 2 unspecified atom stereocenters. The summed E-state index contributed by atoms with van der Waals surface area (Å²) in [6.07, 6.45) is 2.73. The van der Waals surface area contributed by atoms with Crippen molar-refractivity contribution in [2.24, 2.45) is 0 Å².